The van der Waals surface area contributed by atoms with Crippen LogP contribution in [-0.4, -0.2) is 24.6 Å². The van der Waals surface area contributed by atoms with Gasteiger partial charge >= 0.3 is 5.97 Å². The molecule has 2 aromatic carbocycles. The van der Waals surface area contributed by atoms with Crippen LogP contribution in [0.5, 0.6) is 5.75 Å². The van der Waals surface area contributed by atoms with Gasteiger partial charge in [-0.05, 0) is 61.9 Å². The third-order valence-electron chi connectivity index (χ3n) is 5.09. The quantitative estimate of drug-likeness (QED) is 0.367. The monoisotopic (exact) mass is 461 g/mol. The van der Waals surface area contributed by atoms with E-state index in [0.717, 1.165) is 0 Å². The van der Waals surface area contributed by atoms with Crippen molar-refractivity contribution in [1.82, 2.24) is 0 Å². The number of rotatable bonds is 8. The maximum absolute atomic E-state index is 13.2. The molecule has 0 bridgehead atoms. The van der Waals surface area contributed by atoms with E-state index in [1.54, 1.807) is 74.5 Å². The predicted octanol–water partition coefficient (Wildman–Crippen LogP) is 5.03. The Kier molecular flexibility index (Phi) is 6.77. The summed E-state index contributed by atoms with van der Waals surface area (Å²) in [4.78, 5) is 38.0. The molecule has 1 N–H and O–H groups in total. The van der Waals surface area contributed by atoms with Crippen LogP contribution in [-0.2, 0) is 9.53 Å². The van der Waals surface area contributed by atoms with Gasteiger partial charge in [-0.25, -0.2) is 4.79 Å². The summed E-state index contributed by atoms with van der Waals surface area (Å²) in [5.74, 6) is -0.581. The van der Waals surface area contributed by atoms with E-state index in [1.165, 1.54) is 6.26 Å². The zero-order chi connectivity index (χ0) is 24.1. The number of para-hydroxylation sites is 1. The predicted molar refractivity (Wildman–Crippen MR) is 126 cm³/mol. The maximum Gasteiger partial charge on any atom is 0.338 e. The number of benzene rings is 2. The molecular formula is C26H23NO7. The lowest BCUT2D eigenvalue weighted by molar-refractivity contribution is -0.122. The van der Waals surface area contributed by atoms with Crippen LogP contribution in [0.25, 0.3) is 22.5 Å². The van der Waals surface area contributed by atoms with E-state index in [0.29, 0.717) is 28.0 Å². The van der Waals surface area contributed by atoms with Crippen molar-refractivity contribution in [1.29, 1.82) is 0 Å². The standard InChI is InChI=1S/C26H23NO7/c1-3-19(25(29)27-17-13-11-16(12-14-17)26(30)31-4-2)33-24-22(28)18-8-5-6-9-20(18)34-23(24)21-10-7-15-32-21/h5-15,19H,3-4H2,1-2H3,(H,27,29). The van der Waals surface area contributed by atoms with Gasteiger partial charge in [-0.2, -0.15) is 0 Å². The molecule has 8 heteroatoms. The molecule has 0 aliphatic carbocycles. The van der Waals surface area contributed by atoms with Crippen molar-refractivity contribution >= 4 is 28.5 Å². The Balaban J connectivity index is 1.61. The van der Waals surface area contributed by atoms with Crippen LogP contribution in [0.15, 0.2) is 80.6 Å². The summed E-state index contributed by atoms with van der Waals surface area (Å²) < 4.78 is 22.3. The summed E-state index contributed by atoms with van der Waals surface area (Å²) in [6, 6.07) is 16.4. The average Bonchev–Trinajstić information content (AvgIpc) is 3.39. The number of carbonyl (C=O) groups is 2. The first-order valence-electron chi connectivity index (χ1n) is 10.9. The van der Waals surface area contributed by atoms with Crippen LogP contribution in [0.3, 0.4) is 0 Å². The highest BCUT2D eigenvalue weighted by Gasteiger charge is 2.26. The second-order valence-corrected chi connectivity index (χ2v) is 7.36. The minimum absolute atomic E-state index is 0.103. The van der Waals surface area contributed by atoms with Crippen LogP contribution in [0.2, 0.25) is 0 Å². The van der Waals surface area contributed by atoms with E-state index < -0.39 is 23.4 Å². The van der Waals surface area contributed by atoms with Crippen LogP contribution in [0, 0.1) is 0 Å². The average molecular weight is 461 g/mol. The Morgan fingerprint density at radius 1 is 1.00 bits per heavy atom. The number of nitrogens with one attached hydrogen (secondary N) is 1. The number of fused-ring (bicyclic) bond motifs is 1. The van der Waals surface area contributed by atoms with Gasteiger partial charge in [0, 0.05) is 5.69 Å². The number of ether oxygens (including phenoxy) is 2. The lowest BCUT2D eigenvalue weighted by Crippen LogP contribution is -2.34. The first-order chi connectivity index (χ1) is 16.5. The largest absolute Gasteiger partial charge is 0.473 e. The van der Waals surface area contributed by atoms with Crippen LogP contribution in [0.1, 0.15) is 30.6 Å². The molecule has 2 heterocycles. The molecule has 1 atom stereocenters. The van der Waals surface area contributed by atoms with Crippen molar-refractivity contribution in [2.45, 2.75) is 26.4 Å². The molecule has 34 heavy (non-hydrogen) atoms. The van der Waals surface area contributed by atoms with Crippen LogP contribution < -0.4 is 15.5 Å². The smallest absolute Gasteiger partial charge is 0.338 e. The third kappa shape index (κ3) is 4.71. The number of amides is 1. The lowest BCUT2D eigenvalue weighted by Gasteiger charge is -2.18. The van der Waals surface area contributed by atoms with Crippen molar-refractivity contribution in [3.8, 4) is 17.3 Å². The zero-order valence-electron chi connectivity index (χ0n) is 18.7. The summed E-state index contributed by atoms with van der Waals surface area (Å²) >= 11 is 0. The molecule has 0 fully saturated rings. The molecule has 0 spiro atoms. The summed E-state index contributed by atoms with van der Waals surface area (Å²) in [7, 11) is 0. The Morgan fingerprint density at radius 2 is 1.76 bits per heavy atom. The van der Waals surface area contributed by atoms with Crippen molar-refractivity contribution in [2.75, 3.05) is 11.9 Å². The highest BCUT2D eigenvalue weighted by Crippen LogP contribution is 2.32. The van der Waals surface area contributed by atoms with Gasteiger partial charge in [0.05, 0.1) is 23.8 Å². The summed E-state index contributed by atoms with van der Waals surface area (Å²) in [5.41, 5.74) is 0.820. The second kappa shape index (κ2) is 10.1. The van der Waals surface area contributed by atoms with E-state index in [-0.39, 0.29) is 24.5 Å². The number of carbonyl (C=O) groups excluding carboxylic acids is 2. The topological polar surface area (TPSA) is 108 Å². The minimum Gasteiger partial charge on any atom is -0.473 e. The molecule has 174 valence electrons. The van der Waals surface area contributed by atoms with E-state index >= 15 is 0 Å². The second-order valence-electron chi connectivity index (χ2n) is 7.36. The van der Waals surface area contributed by atoms with Crippen LogP contribution >= 0.6 is 0 Å². The molecule has 4 rings (SSSR count). The van der Waals surface area contributed by atoms with Gasteiger partial charge in [-0.3, -0.25) is 9.59 Å². The Labute approximate surface area is 195 Å². The fourth-order valence-corrected chi connectivity index (χ4v) is 3.39. The fourth-order valence-electron chi connectivity index (χ4n) is 3.39. The molecule has 0 aliphatic rings. The van der Waals surface area contributed by atoms with Gasteiger partial charge in [-0.1, -0.05) is 19.1 Å². The van der Waals surface area contributed by atoms with E-state index in [4.69, 9.17) is 18.3 Å². The Hall–Kier alpha value is -4.33. The SMILES string of the molecule is CCOC(=O)c1ccc(NC(=O)C(CC)Oc2c(-c3ccco3)oc3ccccc3c2=O)cc1. The van der Waals surface area contributed by atoms with Crippen molar-refractivity contribution in [3.63, 3.8) is 0 Å². The number of furan rings is 1. The zero-order valence-corrected chi connectivity index (χ0v) is 18.7. The summed E-state index contributed by atoms with van der Waals surface area (Å²) in [6.45, 7) is 3.77. The Bertz CT molecular complexity index is 1350. The van der Waals surface area contributed by atoms with E-state index in [2.05, 4.69) is 5.32 Å². The molecule has 4 aromatic rings. The molecule has 8 nitrogen and oxygen atoms in total. The molecule has 0 saturated heterocycles. The first kappa shape index (κ1) is 22.8. The summed E-state index contributed by atoms with van der Waals surface area (Å²) in [6.07, 6.45) is 0.761. The highest BCUT2D eigenvalue weighted by atomic mass is 16.5. The highest BCUT2D eigenvalue weighted by molar-refractivity contribution is 5.95. The molecule has 0 aliphatic heterocycles. The fraction of sp³-hybridized carbons (Fsp3) is 0.192. The van der Waals surface area contributed by atoms with E-state index in [9.17, 15) is 14.4 Å². The first-order valence-corrected chi connectivity index (χ1v) is 10.9. The van der Waals surface area contributed by atoms with Gasteiger partial charge in [-0.15, -0.1) is 0 Å². The molecular weight excluding hydrogens is 438 g/mol. The number of esters is 1. The van der Waals surface area contributed by atoms with Gasteiger partial charge in [0.1, 0.15) is 5.58 Å². The van der Waals surface area contributed by atoms with E-state index in [1.807, 2.05) is 0 Å². The van der Waals surface area contributed by atoms with Gasteiger partial charge in [0.2, 0.25) is 16.9 Å². The lowest BCUT2D eigenvalue weighted by atomic mass is 10.1. The minimum atomic E-state index is -0.984. The third-order valence-corrected chi connectivity index (χ3v) is 5.09. The number of anilines is 1. The van der Waals surface area contributed by atoms with Crippen LogP contribution in [0.4, 0.5) is 5.69 Å². The number of hydrogen-bond acceptors (Lipinski definition) is 7. The molecule has 0 saturated carbocycles. The molecule has 1 amide bonds. The van der Waals surface area contributed by atoms with Crippen molar-refractivity contribution < 1.29 is 27.9 Å². The number of hydrogen-bond donors (Lipinski definition) is 1. The molecule has 2 aromatic heterocycles. The van der Waals surface area contributed by atoms with Gasteiger partial charge in [0.25, 0.3) is 5.91 Å². The Morgan fingerprint density at radius 3 is 2.44 bits per heavy atom. The van der Waals surface area contributed by atoms with Gasteiger partial charge in [0.15, 0.2) is 11.9 Å². The van der Waals surface area contributed by atoms with Crippen molar-refractivity contribution in [2.24, 2.45) is 0 Å². The van der Waals surface area contributed by atoms with Crippen molar-refractivity contribution in [3.05, 3.63) is 82.7 Å². The molecule has 1 unspecified atom stereocenters. The summed E-state index contributed by atoms with van der Waals surface area (Å²) in [5, 5.41) is 3.08. The van der Waals surface area contributed by atoms with Gasteiger partial charge < -0.3 is 23.6 Å². The maximum atomic E-state index is 13.2. The molecule has 0 radical (unpaired) electrons. The normalized spacial score (nSPS) is 11.7.